The van der Waals surface area contributed by atoms with E-state index in [1.54, 1.807) is 12.1 Å². The SMILES string of the molecule is CC(C)(CN)Cc1ccc(Cl)cc1F. The van der Waals surface area contributed by atoms with Crippen LogP contribution in [-0.4, -0.2) is 6.54 Å². The summed E-state index contributed by atoms with van der Waals surface area (Å²) in [7, 11) is 0. The maximum Gasteiger partial charge on any atom is 0.127 e. The van der Waals surface area contributed by atoms with Crippen molar-refractivity contribution in [3.8, 4) is 0 Å². The highest BCUT2D eigenvalue weighted by Gasteiger charge is 2.18. The molecule has 1 nitrogen and oxygen atoms in total. The molecule has 0 bridgehead atoms. The van der Waals surface area contributed by atoms with Gasteiger partial charge in [-0.25, -0.2) is 4.39 Å². The van der Waals surface area contributed by atoms with E-state index in [4.69, 9.17) is 17.3 Å². The van der Waals surface area contributed by atoms with E-state index in [9.17, 15) is 4.39 Å². The molecule has 0 aliphatic carbocycles. The zero-order valence-electron chi connectivity index (χ0n) is 8.48. The quantitative estimate of drug-likeness (QED) is 0.824. The molecule has 0 fully saturated rings. The van der Waals surface area contributed by atoms with Crippen molar-refractivity contribution in [2.75, 3.05) is 6.54 Å². The molecule has 0 aliphatic rings. The van der Waals surface area contributed by atoms with Crippen molar-refractivity contribution in [2.45, 2.75) is 20.3 Å². The van der Waals surface area contributed by atoms with E-state index in [1.165, 1.54) is 6.07 Å². The van der Waals surface area contributed by atoms with E-state index in [0.29, 0.717) is 23.6 Å². The minimum Gasteiger partial charge on any atom is -0.330 e. The van der Waals surface area contributed by atoms with Gasteiger partial charge in [0.15, 0.2) is 0 Å². The number of nitrogens with two attached hydrogens (primary N) is 1. The second-order valence-corrected chi connectivity index (χ2v) is 4.72. The van der Waals surface area contributed by atoms with Gasteiger partial charge >= 0.3 is 0 Å². The Hall–Kier alpha value is -0.600. The molecule has 0 aromatic heterocycles. The molecule has 0 radical (unpaired) electrons. The van der Waals surface area contributed by atoms with Crippen LogP contribution in [0, 0.1) is 11.2 Å². The van der Waals surface area contributed by atoms with Gasteiger partial charge in [0.25, 0.3) is 0 Å². The Morgan fingerprint density at radius 3 is 2.57 bits per heavy atom. The highest BCUT2D eigenvalue weighted by atomic mass is 35.5. The molecule has 1 aromatic rings. The summed E-state index contributed by atoms with van der Waals surface area (Å²) in [6.45, 7) is 4.57. The van der Waals surface area contributed by atoms with Gasteiger partial charge in [0.1, 0.15) is 5.82 Å². The van der Waals surface area contributed by atoms with Crippen molar-refractivity contribution in [3.05, 3.63) is 34.6 Å². The van der Waals surface area contributed by atoms with Crippen molar-refractivity contribution in [1.29, 1.82) is 0 Å². The molecule has 0 saturated heterocycles. The maximum absolute atomic E-state index is 13.4. The first kappa shape index (κ1) is 11.5. The predicted octanol–water partition coefficient (Wildman–Crippen LogP) is 3.01. The van der Waals surface area contributed by atoms with E-state index in [1.807, 2.05) is 13.8 Å². The highest BCUT2D eigenvalue weighted by molar-refractivity contribution is 6.30. The maximum atomic E-state index is 13.4. The first-order valence-corrected chi connectivity index (χ1v) is 4.96. The molecule has 0 saturated carbocycles. The van der Waals surface area contributed by atoms with E-state index < -0.39 is 0 Å². The standard InChI is InChI=1S/C11H15ClFN/c1-11(2,7-14)6-8-3-4-9(12)5-10(8)13/h3-5H,6-7,14H2,1-2H3. The Kier molecular flexibility index (Phi) is 3.51. The Balaban J connectivity index is 2.87. The number of halogens is 2. The van der Waals surface area contributed by atoms with Crippen LogP contribution in [0.2, 0.25) is 5.02 Å². The lowest BCUT2D eigenvalue weighted by atomic mass is 9.86. The molecule has 0 spiro atoms. The molecule has 0 atom stereocenters. The van der Waals surface area contributed by atoms with Gasteiger partial charge in [0.05, 0.1) is 0 Å². The summed E-state index contributed by atoms with van der Waals surface area (Å²) in [6.07, 6.45) is 0.631. The van der Waals surface area contributed by atoms with Crippen LogP contribution in [0.1, 0.15) is 19.4 Å². The topological polar surface area (TPSA) is 26.0 Å². The van der Waals surface area contributed by atoms with Crippen LogP contribution in [0.25, 0.3) is 0 Å². The fourth-order valence-corrected chi connectivity index (χ4v) is 1.41. The summed E-state index contributed by atoms with van der Waals surface area (Å²) in [5.41, 5.74) is 6.18. The van der Waals surface area contributed by atoms with Crippen LogP contribution in [0.3, 0.4) is 0 Å². The van der Waals surface area contributed by atoms with E-state index in [0.717, 1.165) is 0 Å². The first-order valence-electron chi connectivity index (χ1n) is 4.58. The van der Waals surface area contributed by atoms with Crippen LogP contribution in [0.5, 0.6) is 0 Å². The lowest BCUT2D eigenvalue weighted by Crippen LogP contribution is -2.26. The molecule has 3 heteroatoms. The van der Waals surface area contributed by atoms with Crippen LogP contribution >= 0.6 is 11.6 Å². The molecule has 2 N–H and O–H groups in total. The Labute approximate surface area is 89.1 Å². The fraction of sp³-hybridized carbons (Fsp3) is 0.455. The Morgan fingerprint density at radius 2 is 2.07 bits per heavy atom. The van der Waals surface area contributed by atoms with Crippen LogP contribution in [0.15, 0.2) is 18.2 Å². The van der Waals surface area contributed by atoms with Crippen molar-refractivity contribution >= 4 is 11.6 Å². The van der Waals surface area contributed by atoms with Gasteiger partial charge in [-0.15, -0.1) is 0 Å². The average Bonchev–Trinajstić information content (AvgIpc) is 2.10. The second kappa shape index (κ2) is 4.28. The number of rotatable bonds is 3. The van der Waals surface area contributed by atoms with Gasteiger partial charge in [-0.3, -0.25) is 0 Å². The molecule has 0 amide bonds. The number of hydrogen-bond donors (Lipinski definition) is 1. The average molecular weight is 216 g/mol. The van der Waals surface area contributed by atoms with Gasteiger partial charge in [-0.2, -0.15) is 0 Å². The van der Waals surface area contributed by atoms with Crippen LogP contribution in [0.4, 0.5) is 4.39 Å². The predicted molar refractivity (Wildman–Crippen MR) is 57.9 cm³/mol. The summed E-state index contributed by atoms with van der Waals surface area (Å²) >= 11 is 5.66. The first-order chi connectivity index (χ1) is 6.44. The second-order valence-electron chi connectivity index (χ2n) is 4.28. The van der Waals surface area contributed by atoms with Crippen LogP contribution < -0.4 is 5.73 Å². The highest BCUT2D eigenvalue weighted by Crippen LogP contribution is 2.23. The monoisotopic (exact) mass is 215 g/mol. The third-order valence-electron chi connectivity index (χ3n) is 2.24. The normalized spacial score (nSPS) is 11.8. The van der Waals surface area contributed by atoms with Gasteiger partial charge in [0, 0.05) is 5.02 Å². The molecule has 1 rings (SSSR count). The number of hydrogen-bond acceptors (Lipinski definition) is 1. The summed E-state index contributed by atoms with van der Waals surface area (Å²) in [4.78, 5) is 0. The van der Waals surface area contributed by atoms with E-state index >= 15 is 0 Å². The minimum absolute atomic E-state index is 0.0747. The third-order valence-corrected chi connectivity index (χ3v) is 2.47. The summed E-state index contributed by atoms with van der Waals surface area (Å²) in [5.74, 6) is -0.251. The molecule has 0 unspecified atom stereocenters. The van der Waals surface area contributed by atoms with Crippen molar-refractivity contribution in [1.82, 2.24) is 0 Å². The zero-order chi connectivity index (χ0) is 10.8. The smallest absolute Gasteiger partial charge is 0.127 e. The van der Waals surface area contributed by atoms with Gasteiger partial charge in [-0.05, 0) is 36.1 Å². The molecule has 1 aromatic carbocycles. The lowest BCUT2D eigenvalue weighted by Gasteiger charge is -2.22. The van der Waals surface area contributed by atoms with Gasteiger partial charge in [0.2, 0.25) is 0 Å². The molecule has 14 heavy (non-hydrogen) atoms. The van der Waals surface area contributed by atoms with Crippen LogP contribution in [-0.2, 0) is 6.42 Å². The fourth-order valence-electron chi connectivity index (χ4n) is 1.25. The summed E-state index contributed by atoms with van der Waals surface area (Å²) in [5, 5.41) is 0.428. The third kappa shape index (κ3) is 2.96. The zero-order valence-corrected chi connectivity index (χ0v) is 9.24. The number of benzene rings is 1. The Morgan fingerprint density at radius 1 is 1.43 bits per heavy atom. The lowest BCUT2D eigenvalue weighted by molar-refractivity contribution is 0.370. The van der Waals surface area contributed by atoms with Crippen molar-refractivity contribution in [2.24, 2.45) is 11.1 Å². The Bertz CT molecular complexity index is 323. The van der Waals surface area contributed by atoms with E-state index in [-0.39, 0.29) is 11.2 Å². The molecule has 78 valence electrons. The van der Waals surface area contributed by atoms with Crippen molar-refractivity contribution in [3.63, 3.8) is 0 Å². The largest absolute Gasteiger partial charge is 0.330 e. The molecule has 0 aliphatic heterocycles. The molecule has 0 heterocycles. The van der Waals surface area contributed by atoms with Gasteiger partial charge < -0.3 is 5.73 Å². The molecular formula is C11H15ClFN. The molecular weight excluding hydrogens is 201 g/mol. The van der Waals surface area contributed by atoms with Crippen molar-refractivity contribution < 1.29 is 4.39 Å². The van der Waals surface area contributed by atoms with E-state index in [2.05, 4.69) is 0 Å². The summed E-state index contributed by atoms with van der Waals surface area (Å²) < 4.78 is 13.4. The minimum atomic E-state index is -0.251. The summed E-state index contributed by atoms with van der Waals surface area (Å²) in [6, 6.07) is 4.76. The van der Waals surface area contributed by atoms with Gasteiger partial charge in [-0.1, -0.05) is 31.5 Å².